The molecule has 0 aromatic heterocycles. The minimum absolute atomic E-state index is 0.0959. The molecule has 4 nitrogen and oxygen atoms in total. The van der Waals surface area contributed by atoms with Crippen molar-refractivity contribution in [1.82, 2.24) is 5.48 Å². The van der Waals surface area contributed by atoms with E-state index in [9.17, 15) is 0 Å². The molecule has 0 radical (unpaired) electrons. The number of nitrogens with one attached hydrogen (secondary N) is 1. The topological polar surface area (TPSA) is 39.7 Å². The minimum atomic E-state index is -0.0959. The molecule has 0 bridgehead atoms. The molecular formula is C8H17NO3. The molecule has 0 amide bonds. The third kappa shape index (κ3) is 2.71. The van der Waals surface area contributed by atoms with Gasteiger partial charge in [-0.25, -0.2) is 0 Å². The van der Waals surface area contributed by atoms with Crippen molar-refractivity contribution in [3.8, 4) is 0 Å². The average molecular weight is 175 g/mol. The van der Waals surface area contributed by atoms with Crippen LogP contribution in [0.25, 0.3) is 0 Å². The lowest BCUT2D eigenvalue weighted by Crippen LogP contribution is -2.42. The molecule has 1 rings (SSSR count). The van der Waals surface area contributed by atoms with E-state index < -0.39 is 0 Å². The predicted molar refractivity (Wildman–Crippen MR) is 44.5 cm³/mol. The second-order valence-electron chi connectivity index (χ2n) is 3.10. The van der Waals surface area contributed by atoms with Crippen molar-refractivity contribution in [3.63, 3.8) is 0 Å². The van der Waals surface area contributed by atoms with E-state index in [0.717, 1.165) is 12.8 Å². The zero-order valence-corrected chi connectivity index (χ0v) is 7.87. The summed E-state index contributed by atoms with van der Waals surface area (Å²) in [5, 5.41) is 0. The van der Waals surface area contributed by atoms with Crippen LogP contribution >= 0.6 is 0 Å². The molecule has 1 heterocycles. The van der Waals surface area contributed by atoms with E-state index in [4.69, 9.17) is 14.3 Å². The molecule has 12 heavy (non-hydrogen) atoms. The number of rotatable bonds is 3. The molecule has 0 spiro atoms. The van der Waals surface area contributed by atoms with Gasteiger partial charge in [0, 0.05) is 19.6 Å². The van der Waals surface area contributed by atoms with Gasteiger partial charge in [0.1, 0.15) is 0 Å². The molecule has 4 heteroatoms. The third-order valence-corrected chi connectivity index (χ3v) is 2.02. The summed E-state index contributed by atoms with van der Waals surface area (Å²) in [6, 6.07) is 0.337. The first kappa shape index (κ1) is 9.92. The lowest BCUT2D eigenvalue weighted by molar-refractivity contribution is -0.189. The normalized spacial score (nSPS) is 36.8. The summed E-state index contributed by atoms with van der Waals surface area (Å²) in [5.74, 6) is 0. The van der Waals surface area contributed by atoms with Crippen LogP contribution in [0.3, 0.4) is 0 Å². The zero-order valence-electron chi connectivity index (χ0n) is 7.87. The van der Waals surface area contributed by atoms with Crippen LogP contribution in [0.5, 0.6) is 0 Å². The van der Waals surface area contributed by atoms with Crippen LogP contribution in [0.2, 0.25) is 0 Å². The van der Waals surface area contributed by atoms with Gasteiger partial charge in [-0.1, -0.05) is 0 Å². The Balaban J connectivity index is 2.34. The van der Waals surface area contributed by atoms with Gasteiger partial charge in [-0.2, -0.15) is 5.48 Å². The van der Waals surface area contributed by atoms with Gasteiger partial charge in [-0.05, 0) is 13.3 Å². The maximum absolute atomic E-state index is 5.49. The van der Waals surface area contributed by atoms with Gasteiger partial charge in [-0.15, -0.1) is 0 Å². The first-order valence-corrected chi connectivity index (χ1v) is 4.23. The van der Waals surface area contributed by atoms with Crippen molar-refractivity contribution in [2.75, 3.05) is 14.2 Å². The van der Waals surface area contributed by atoms with Crippen molar-refractivity contribution in [1.29, 1.82) is 0 Å². The largest absolute Gasteiger partial charge is 0.356 e. The van der Waals surface area contributed by atoms with Gasteiger partial charge in [0.05, 0.1) is 13.2 Å². The highest BCUT2D eigenvalue weighted by atomic mass is 16.7. The Kier molecular flexibility index (Phi) is 3.94. The Hall–Kier alpha value is -0.160. The number of hydrogen-bond acceptors (Lipinski definition) is 4. The predicted octanol–water partition coefficient (Wildman–Crippen LogP) is 0.677. The van der Waals surface area contributed by atoms with E-state index in [1.54, 1.807) is 14.2 Å². The maximum Gasteiger partial charge on any atom is 0.159 e. The smallest absolute Gasteiger partial charge is 0.159 e. The second kappa shape index (κ2) is 4.77. The first-order valence-electron chi connectivity index (χ1n) is 4.23. The van der Waals surface area contributed by atoms with Crippen molar-refractivity contribution in [2.24, 2.45) is 0 Å². The Morgan fingerprint density at radius 2 is 2.08 bits per heavy atom. The quantitative estimate of drug-likeness (QED) is 0.640. The van der Waals surface area contributed by atoms with Crippen molar-refractivity contribution in [2.45, 2.75) is 38.2 Å². The van der Waals surface area contributed by atoms with Crippen LogP contribution in [-0.2, 0) is 14.3 Å². The molecular weight excluding hydrogens is 158 g/mol. The van der Waals surface area contributed by atoms with Crippen LogP contribution < -0.4 is 5.48 Å². The summed E-state index contributed by atoms with van der Waals surface area (Å²) in [4.78, 5) is 4.86. The van der Waals surface area contributed by atoms with Crippen LogP contribution in [0.1, 0.15) is 19.8 Å². The van der Waals surface area contributed by atoms with Gasteiger partial charge < -0.3 is 14.3 Å². The molecule has 1 aliphatic rings. The summed E-state index contributed by atoms with van der Waals surface area (Å²) < 4.78 is 10.6. The second-order valence-corrected chi connectivity index (χ2v) is 3.10. The number of ether oxygens (including phenoxy) is 2. The molecule has 0 aromatic rings. The van der Waals surface area contributed by atoms with Crippen LogP contribution in [0.4, 0.5) is 0 Å². The maximum atomic E-state index is 5.49. The number of methoxy groups -OCH3 is 1. The van der Waals surface area contributed by atoms with E-state index in [0.29, 0.717) is 6.04 Å². The third-order valence-electron chi connectivity index (χ3n) is 2.02. The molecule has 0 aliphatic carbocycles. The van der Waals surface area contributed by atoms with Crippen LogP contribution in [0.15, 0.2) is 0 Å². The fourth-order valence-corrected chi connectivity index (χ4v) is 1.51. The molecule has 1 saturated heterocycles. The Bertz CT molecular complexity index is 131. The number of hydroxylamine groups is 1. The number of hydrogen-bond donors (Lipinski definition) is 1. The summed E-state index contributed by atoms with van der Waals surface area (Å²) in [6.07, 6.45) is 1.94. The average Bonchev–Trinajstić information content (AvgIpc) is 2.04. The summed E-state index contributed by atoms with van der Waals surface area (Å²) in [6.45, 7) is 2.04. The van der Waals surface area contributed by atoms with E-state index >= 15 is 0 Å². The van der Waals surface area contributed by atoms with Crippen LogP contribution in [0, 0.1) is 0 Å². The van der Waals surface area contributed by atoms with Gasteiger partial charge in [0.25, 0.3) is 0 Å². The Morgan fingerprint density at radius 1 is 1.33 bits per heavy atom. The van der Waals surface area contributed by atoms with Gasteiger partial charge in [-0.3, -0.25) is 0 Å². The van der Waals surface area contributed by atoms with Gasteiger partial charge >= 0.3 is 0 Å². The van der Waals surface area contributed by atoms with Crippen molar-refractivity contribution < 1.29 is 14.3 Å². The highest BCUT2D eigenvalue weighted by Gasteiger charge is 2.26. The summed E-state index contributed by atoms with van der Waals surface area (Å²) >= 11 is 0. The molecule has 3 unspecified atom stereocenters. The highest BCUT2D eigenvalue weighted by Crippen LogP contribution is 2.19. The lowest BCUT2D eigenvalue weighted by Gasteiger charge is -2.32. The van der Waals surface area contributed by atoms with Crippen molar-refractivity contribution >= 4 is 0 Å². The first-order chi connectivity index (χ1) is 5.76. The van der Waals surface area contributed by atoms with Crippen molar-refractivity contribution in [3.05, 3.63) is 0 Å². The molecule has 1 aliphatic heterocycles. The zero-order chi connectivity index (χ0) is 8.97. The van der Waals surface area contributed by atoms with Gasteiger partial charge in [0.2, 0.25) is 0 Å². The summed E-state index contributed by atoms with van der Waals surface area (Å²) in [7, 11) is 3.29. The van der Waals surface area contributed by atoms with Gasteiger partial charge in [0.15, 0.2) is 6.29 Å². The molecule has 1 N–H and O–H groups in total. The fourth-order valence-electron chi connectivity index (χ4n) is 1.51. The highest BCUT2D eigenvalue weighted by molar-refractivity contribution is 4.74. The molecule has 1 fully saturated rings. The van der Waals surface area contributed by atoms with E-state index in [1.165, 1.54) is 0 Å². The fraction of sp³-hybridized carbons (Fsp3) is 1.00. The molecule has 72 valence electrons. The molecule has 0 saturated carbocycles. The standard InChI is InChI=1S/C8H17NO3/c1-6-4-7(9-11-3)5-8(10-2)12-6/h6-9H,4-5H2,1-3H3. The Labute approximate surface area is 73.1 Å². The minimum Gasteiger partial charge on any atom is -0.356 e. The Morgan fingerprint density at radius 3 is 2.67 bits per heavy atom. The lowest BCUT2D eigenvalue weighted by atomic mass is 10.0. The monoisotopic (exact) mass is 175 g/mol. The molecule has 3 atom stereocenters. The molecule has 0 aromatic carbocycles. The van der Waals surface area contributed by atoms with E-state index in [2.05, 4.69) is 5.48 Å². The summed E-state index contributed by atoms with van der Waals surface area (Å²) in [5.41, 5.74) is 2.92. The SMILES string of the molecule is CONC1CC(C)OC(OC)C1. The van der Waals surface area contributed by atoms with Crippen LogP contribution in [-0.4, -0.2) is 32.7 Å². The van der Waals surface area contributed by atoms with E-state index in [1.807, 2.05) is 6.92 Å². The van der Waals surface area contributed by atoms with E-state index in [-0.39, 0.29) is 12.4 Å².